The van der Waals surface area contributed by atoms with Gasteiger partial charge in [-0.25, -0.2) is 4.79 Å². The molecule has 1 saturated heterocycles. The van der Waals surface area contributed by atoms with E-state index in [0.29, 0.717) is 55.4 Å². The van der Waals surface area contributed by atoms with Crippen molar-refractivity contribution in [2.45, 2.75) is 45.1 Å². The van der Waals surface area contributed by atoms with Crippen molar-refractivity contribution in [3.8, 4) is 0 Å². The quantitative estimate of drug-likeness (QED) is 0.411. The molecule has 1 aromatic rings. The Morgan fingerprint density at radius 3 is 2.09 bits per heavy atom. The maximum atomic E-state index is 13.3. The van der Waals surface area contributed by atoms with Crippen LogP contribution in [0.5, 0.6) is 0 Å². The molecule has 1 aliphatic heterocycles. The van der Waals surface area contributed by atoms with Gasteiger partial charge in [0.15, 0.2) is 0 Å². The number of anilines is 1. The maximum Gasteiger partial charge on any atom is 0.338 e. The van der Waals surface area contributed by atoms with Gasteiger partial charge in [0.2, 0.25) is 17.7 Å². The molecule has 1 aromatic carbocycles. The smallest absolute Gasteiger partial charge is 0.338 e. The average Bonchev–Trinajstić information content (AvgIpc) is 3.63. The molecule has 0 radical (unpaired) electrons. The fraction of sp³-hybridized carbons (Fsp3) is 0.556. The Labute approximate surface area is 198 Å². The number of hydrogen-bond acceptors (Lipinski definition) is 5. The number of amides is 3. The van der Waals surface area contributed by atoms with Gasteiger partial charge in [0.1, 0.15) is 0 Å². The van der Waals surface area contributed by atoms with Gasteiger partial charge in [0.05, 0.1) is 24.0 Å². The molecular weight excluding hydrogens is 432 g/mol. The van der Waals surface area contributed by atoms with E-state index in [0.717, 1.165) is 0 Å². The van der Waals surface area contributed by atoms with Gasteiger partial charge in [-0.2, -0.15) is 0 Å². The molecule has 4 fully saturated rings. The van der Waals surface area contributed by atoms with Crippen LogP contribution in [-0.4, -0.2) is 41.2 Å². The van der Waals surface area contributed by atoms with Gasteiger partial charge in [-0.1, -0.05) is 12.2 Å². The molecule has 3 amide bonds. The summed E-state index contributed by atoms with van der Waals surface area (Å²) in [5.41, 5.74) is 1.08. The fourth-order valence-corrected chi connectivity index (χ4v) is 7.08. The van der Waals surface area contributed by atoms with E-state index in [4.69, 9.17) is 4.74 Å². The van der Waals surface area contributed by atoms with E-state index in [1.807, 2.05) is 0 Å². The SMILES string of the molecule is CCOC(=O)c1ccc(NC(=O)C2CCC(N3C(=O)[C@@H]4[C@H]5C=C[C@H]([C@H]6C[C@H]56)[C@@H]4C3=O)CC2)cc1. The highest BCUT2D eigenvalue weighted by Crippen LogP contribution is 2.65. The summed E-state index contributed by atoms with van der Waals surface area (Å²) < 4.78 is 4.98. The number of esters is 1. The second kappa shape index (κ2) is 8.07. The molecule has 1 N–H and O–H groups in total. The number of rotatable bonds is 5. The number of imide groups is 1. The number of ether oxygens (including phenoxy) is 1. The third-order valence-electron chi connectivity index (χ3n) is 8.79. The van der Waals surface area contributed by atoms with Gasteiger partial charge in [-0.05, 0) is 87.0 Å². The van der Waals surface area contributed by atoms with Crippen LogP contribution >= 0.6 is 0 Å². The second-order valence-corrected chi connectivity index (χ2v) is 10.5. The molecule has 3 saturated carbocycles. The Balaban J connectivity index is 1.06. The summed E-state index contributed by atoms with van der Waals surface area (Å²) >= 11 is 0. The first-order valence-corrected chi connectivity index (χ1v) is 12.6. The van der Waals surface area contributed by atoms with Gasteiger partial charge in [0.25, 0.3) is 0 Å². The van der Waals surface area contributed by atoms with Crippen molar-refractivity contribution in [2.24, 2.45) is 41.4 Å². The third-order valence-corrected chi connectivity index (χ3v) is 8.79. The van der Waals surface area contributed by atoms with Crippen molar-refractivity contribution in [1.29, 1.82) is 0 Å². The summed E-state index contributed by atoms with van der Waals surface area (Å²) in [6.45, 7) is 2.07. The number of hydrogen-bond donors (Lipinski definition) is 1. The number of nitrogens with zero attached hydrogens (tertiary/aromatic N) is 1. The Kier molecular flexibility index (Phi) is 5.12. The van der Waals surface area contributed by atoms with Crippen LogP contribution in [0.3, 0.4) is 0 Å². The van der Waals surface area contributed by atoms with E-state index < -0.39 is 0 Å². The second-order valence-electron chi connectivity index (χ2n) is 10.5. The lowest BCUT2D eigenvalue weighted by atomic mass is 9.63. The zero-order chi connectivity index (χ0) is 23.6. The number of benzene rings is 1. The standard InChI is InChI=1S/C27H30N2O5/c1-2-34-27(33)15-3-7-16(8-4-15)28-24(30)14-5-9-17(10-6-14)29-25(31)22-18-11-12-19(21-13-20(18)21)23(22)26(29)32/h3-4,7-8,11-12,14,17-23H,2,5-6,9-10,13H2,1H3,(H,28,30)/t14?,17?,18-,19+,20-,21-,22+,23-/m1/s1. The van der Waals surface area contributed by atoms with Gasteiger partial charge in [0, 0.05) is 17.6 Å². The lowest BCUT2D eigenvalue weighted by Crippen LogP contribution is -2.44. The van der Waals surface area contributed by atoms with Gasteiger partial charge in [-0.3, -0.25) is 19.3 Å². The Morgan fingerprint density at radius 1 is 0.941 bits per heavy atom. The summed E-state index contributed by atoms with van der Waals surface area (Å²) in [7, 11) is 0. The highest BCUT2D eigenvalue weighted by molar-refractivity contribution is 6.06. The van der Waals surface area contributed by atoms with Crippen LogP contribution in [0.1, 0.15) is 49.4 Å². The minimum absolute atomic E-state index is 0.0364. The van der Waals surface area contributed by atoms with Crippen molar-refractivity contribution in [3.63, 3.8) is 0 Å². The van der Waals surface area contributed by atoms with Crippen molar-refractivity contribution >= 4 is 29.4 Å². The largest absolute Gasteiger partial charge is 0.462 e. The van der Waals surface area contributed by atoms with E-state index in [1.54, 1.807) is 36.1 Å². The topological polar surface area (TPSA) is 92.8 Å². The lowest BCUT2D eigenvalue weighted by molar-refractivity contribution is -0.144. The first kappa shape index (κ1) is 21.6. The van der Waals surface area contributed by atoms with Crippen LogP contribution in [0.25, 0.3) is 0 Å². The van der Waals surface area contributed by atoms with Crippen molar-refractivity contribution in [3.05, 3.63) is 42.0 Å². The van der Waals surface area contributed by atoms with Crippen molar-refractivity contribution < 1.29 is 23.9 Å². The van der Waals surface area contributed by atoms with E-state index in [2.05, 4.69) is 17.5 Å². The predicted molar refractivity (Wildman–Crippen MR) is 123 cm³/mol. The summed E-state index contributed by atoms with van der Waals surface area (Å²) in [5, 5.41) is 2.94. The molecule has 178 valence electrons. The number of carbonyl (C=O) groups is 4. The third kappa shape index (κ3) is 3.31. The summed E-state index contributed by atoms with van der Waals surface area (Å²) in [6, 6.07) is 6.59. The molecule has 7 nitrogen and oxygen atoms in total. The minimum atomic E-state index is -0.384. The monoisotopic (exact) mass is 462 g/mol. The van der Waals surface area contributed by atoms with Gasteiger partial charge in [-0.15, -0.1) is 0 Å². The van der Waals surface area contributed by atoms with Crippen LogP contribution < -0.4 is 5.32 Å². The average molecular weight is 463 g/mol. The molecule has 1 heterocycles. The molecule has 0 spiro atoms. The van der Waals surface area contributed by atoms with Gasteiger partial charge < -0.3 is 10.1 Å². The van der Waals surface area contributed by atoms with Gasteiger partial charge >= 0.3 is 5.97 Å². The zero-order valence-electron chi connectivity index (χ0n) is 19.3. The summed E-state index contributed by atoms with van der Waals surface area (Å²) in [6.07, 6.45) is 8.23. The molecule has 0 unspecified atom stereocenters. The molecule has 7 heteroatoms. The van der Waals surface area contributed by atoms with Crippen molar-refractivity contribution in [1.82, 2.24) is 4.90 Å². The molecule has 2 bridgehead atoms. The molecule has 5 aliphatic carbocycles. The van der Waals surface area contributed by atoms with Crippen LogP contribution in [0.4, 0.5) is 5.69 Å². The Bertz CT molecular complexity index is 1030. The van der Waals surface area contributed by atoms with Crippen LogP contribution in [0, 0.1) is 41.4 Å². The highest BCUT2D eigenvalue weighted by atomic mass is 16.5. The van der Waals surface area contributed by atoms with E-state index in [9.17, 15) is 19.2 Å². The van der Waals surface area contributed by atoms with Crippen LogP contribution in [-0.2, 0) is 19.1 Å². The molecule has 34 heavy (non-hydrogen) atoms. The minimum Gasteiger partial charge on any atom is -0.462 e. The number of carbonyl (C=O) groups excluding carboxylic acids is 4. The molecule has 7 rings (SSSR count). The highest BCUT2D eigenvalue weighted by Gasteiger charge is 2.67. The molecule has 6 atom stereocenters. The predicted octanol–water partition coefficient (Wildman–Crippen LogP) is 3.41. The molecule has 6 aliphatic rings. The lowest BCUT2D eigenvalue weighted by Gasteiger charge is -2.37. The van der Waals surface area contributed by atoms with E-state index in [-0.39, 0.29) is 59.3 Å². The number of nitrogens with one attached hydrogen (secondary N) is 1. The molecule has 0 aromatic heterocycles. The Hall–Kier alpha value is -2.96. The van der Waals surface area contributed by atoms with E-state index in [1.165, 1.54) is 6.42 Å². The zero-order valence-corrected chi connectivity index (χ0v) is 19.3. The first-order chi connectivity index (χ1) is 16.5. The molecular formula is C27H30N2O5. The number of allylic oxidation sites excluding steroid dienone is 2. The normalized spacial score (nSPS) is 37.3. The summed E-state index contributed by atoms with van der Waals surface area (Å²) in [4.78, 5) is 52.9. The van der Waals surface area contributed by atoms with Crippen LogP contribution in [0.15, 0.2) is 36.4 Å². The fourth-order valence-electron chi connectivity index (χ4n) is 7.08. The Morgan fingerprint density at radius 2 is 1.53 bits per heavy atom. The van der Waals surface area contributed by atoms with E-state index >= 15 is 0 Å². The first-order valence-electron chi connectivity index (χ1n) is 12.6. The maximum absolute atomic E-state index is 13.3. The summed E-state index contributed by atoms with van der Waals surface area (Å²) in [5.74, 6) is 0.901. The van der Waals surface area contributed by atoms with Crippen molar-refractivity contribution in [2.75, 3.05) is 11.9 Å². The number of likely N-dealkylation sites (tertiary alicyclic amines) is 1. The van der Waals surface area contributed by atoms with Crippen LogP contribution in [0.2, 0.25) is 0 Å².